The number of rotatable bonds is 9. The first-order valence-electron chi connectivity index (χ1n) is 6.89. The van der Waals surface area contributed by atoms with E-state index in [4.69, 9.17) is 24.7 Å². The summed E-state index contributed by atoms with van der Waals surface area (Å²) in [6.45, 7) is 6.80. The third-order valence-corrected chi connectivity index (χ3v) is 3.68. The predicted molar refractivity (Wildman–Crippen MR) is 85.7 cm³/mol. The molecule has 1 aromatic carbocycles. The molecule has 4 nitrogen and oxygen atoms in total. The molecule has 0 fully saturated rings. The molecule has 2 unspecified atom stereocenters. The van der Waals surface area contributed by atoms with Gasteiger partial charge >= 0.3 is 11.4 Å². The Hall–Kier alpha value is -0.620. The molecule has 0 saturated heterocycles. The van der Waals surface area contributed by atoms with Gasteiger partial charge in [0, 0.05) is 12.3 Å². The zero-order chi connectivity index (χ0) is 15.7. The summed E-state index contributed by atoms with van der Waals surface area (Å²) in [5.74, 6) is 1.11. The molecule has 0 radical (unpaired) electrons. The van der Waals surface area contributed by atoms with Gasteiger partial charge in [0.05, 0.1) is 13.2 Å². The van der Waals surface area contributed by atoms with E-state index in [0.717, 1.165) is 5.75 Å². The smallest absolute Gasteiger partial charge is 0.304 e. The maximum Gasteiger partial charge on any atom is 0.304 e. The van der Waals surface area contributed by atoms with Crippen molar-refractivity contribution in [3.8, 4) is 5.75 Å². The van der Waals surface area contributed by atoms with Gasteiger partial charge in [-0.15, -0.1) is 11.6 Å². The molecule has 21 heavy (non-hydrogen) atoms. The molecule has 0 aliphatic rings. The number of hydrogen-bond donors (Lipinski definition) is 0. The summed E-state index contributed by atoms with van der Waals surface area (Å²) in [5, 5.41) is 0. The van der Waals surface area contributed by atoms with Gasteiger partial charge in [-0.25, -0.2) is 0 Å². The van der Waals surface area contributed by atoms with Crippen molar-refractivity contribution in [2.24, 2.45) is 5.41 Å². The summed E-state index contributed by atoms with van der Waals surface area (Å²) in [7, 11) is 0. The van der Waals surface area contributed by atoms with E-state index < -0.39 is 11.4 Å². The fraction of sp³-hybridized carbons (Fsp3) is 0.600. The van der Waals surface area contributed by atoms with Crippen molar-refractivity contribution in [3.63, 3.8) is 0 Å². The highest BCUT2D eigenvalue weighted by molar-refractivity contribution is 7.75. The van der Waals surface area contributed by atoms with Crippen LogP contribution in [0, 0.1) is 5.41 Å². The van der Waals surface area contributed by atoms with Crippen LogP contribution in [0.3, 0.4) is 0 Å². The maximum atomic E-state index is 11.4. The molecule has 0 bridgehead atoms. The first-order chi connectivity index (χ1) is 9.93. The van der Waals surface area contributed by atoms with Crippen LogP contribution in [0.2, 0.25) is 0 Å². The minimum absolute atomic E-state index is 0.0510. The number of hydrogen-bond acceptors (Lipinski definition) is 4. The lowest BCUT2D eigenvalue weighted by molar-refractivity contribution is 0.0650. The number of ether oxygens (including phenoxy) is 1. The van der Waals surface area contributed by atoms with Gasteiger partial charge in [-0.1, -0.05) is 39.0 Å². The van der Waals surface area contributed by atoms with Crippen LogP contribution in [-0.4, -0.2) is 29.4 Å². The SMILES string of the molecule is CC(C)(C)C(CCOS(=O)OCCCl)Oc1ccccc1. The van der Waals surface area contributed by atoms with Gasteiger partial charge in [-0.2, -0.15) is 4.21 Å². The van der Waals surface area contributed by atoms with E-state index in [2.05, 4.69) is 20.8 Å². The summed E-state index contributed by atoms with van der Waals surface area (Å²) in [6, 6.07) is 9.64. The van der Waals surface area contributed by atoms with Gasteiger partial charge in [-0.3, -0.25) is 8.37 Å². The normalized spacial score (nSPS) is 14.7. The number of benzene rings is 1. The van der Waals surface area contributed by atoms with Crippen LogP contribution < -0.4 is 4.74 Å². The first-order valence-corrected chi connectivity index (χ1v) is 8.43. The summed E-state index contributed by atoms with van der Waals surface area (Å²) in [4.78, 5) is 0. The fourth-order valence-electron chi connectivity index (χ4n) is 1.69. The summed E-state index contributed by atoms with van der Waals surface area (Å²) < 4.78 is 27.3. The summed E-state index contributed by atoms with van der Waals surface area (Å²) in [5.41, 5.74) is -0.0578. The minimum Gasteiger partial charge on any atom is -0.490 e. The van der Waals surface area contributed by atoms with E-state index in [9.17, 15) is 4.21 Å². The highest BCUT2D eigenvalue weighted by Gasteiger charge is 2.26. The van der Waals surface area contributed by atoms with E-state index in [-0.39, 0.29) is 24.0 Å². The van der Waals surface area contributed by atoms with Crippen LogP contribution >= 0.6 is 11.6 Å². The second-order valence-electron chi connectivity index (χ2n) is 5.61. The van der Waals surface area contributed by atoms with Crippen molar-refractivity contribution >= 4 is 23.0 Å². The molecular weight excluding hydrogens is 312 g/mol. The second-order valence-corrected chi connectivity index (χ2v) is 6.87. The van der Waals surface area contributed by atoms with E-state index in [1.807, 2.05) is 30.3 Å². The van der Waals surface area contributed by atoms with Gasteiger partial charge in [-0.05, 0) is 17.5 Å². The predicted octanol–water partition coefficient (Wildman–Crippen LogP) is 3.72. The topological polar surface area (TPSA) is 44.8 Å². The van der Waals surface area contributed by atoms with Crippen molar-refractivity contribution in [2.45, 2.75) is 33.3 Å². The molecule has 0 saturated carbocycles. The van der Waals surface area contributed by atoms with Gasteiger partial charge in [0.15, 0.2) is 0 Å². The molecule has 2 atom stereocenters. The van der Waals surface area contributed by atoms with Gasteiger partial charge in [0.2, 0.25) is 0 Å². The number of halogens is 1. The Morgan fingerprint density at radius 1 is 1.14 bits per heavy atom. The highest BCUT2D eigenvalue weighted by atomic mass is 35.5. The molecular formula is C15H23ClO4S. The molecule has 0 heterocycles. The Balaban J connectivity index is 2.46. The Kier molecular flexibility index (Phi) is 8.26. The van der Waals surface area contributed by atoms with Crippen molar-refractivity contribution < 1.29 is 17.3 Å². The number of para-hydroxylation sites is 1. The average molecular weight is 335 g/mol. The van der Waals surface area contributed by atoms with Crippen molar-refractivity contribution in [1.82, 2.24) is 0 Å². The molecule has 1 rings (SSSR count). The first kappa shape index (κ1) is 18.4. The molecule has 0 aromatic heterocycles. The van der Waals surface area contributed by atoms with Gasteiger partial charge < -0.3 is 4.74 Å². The standard InChI is InChI=1S/C15H23ClO4S/c1-15(2,3)14(20-13-7-5-4-6-8-13)9-11-18-21(17)19-12-10-16/h4-8,14H,9-12H2,1-3H3. The van der Waals surface area contributed by atoms with Crippen molar-refractivity contribution in [3.05, 3.63) is 30.3 Å². The molecule has 0 amide bonds. The van der Waals surface area contributed by atoms with Crippen LogP contribution in [0.15, 0.2) is 30.3 Å². The third kappa shape index (κ3) is 7.81. The Labute approximate surface area is 134 Å². The van der Waals surface area contributed by atoms with Gasteiger partial charge in [0.25, 0.3) is 0 Å². The third-order valence-electron chi connectivity index (χ3n) is 2.80. The molecule has 0 aliphatic heterocycles. The molecule has 120 valence electrons. The van der Waals surface area contributed by atoms with E-state index in [1.54, 1.807) is 0 Å². The lowest BCUT2D eigenvalue weighted by atomic mass is 9.87. The van der Waals surface area contributed by atoms with Crippen molar-refractivity contribution in [1.29, 1.82) is 0 Å². The largest absolute Gasteiger partial charge is 0.490 e. The van der Waals surface area contributed by atoms with Crippen LogP contribution in [0.25, 0.3) is 0 Å². The van der Waals surface area contributed by atoms with Crippen LogP contribution in [0.1, 0.15) is 27.2 Å². The Morgan fingerprint density at radius 3 is 2.33 bits per heavy atom. The lowest BCUT2D eigenvalue weighted by Crippen LogP contribution is -2.33. The lowest BCUT2D eigenvalue weighted by Gasteiger charge is -2.31. The molecule has 0 aliphatic carbocycles. The monoisotopic (exact) mass is 334 g/mol. The van der Waals surface area contributed by atoms with Crippen LogP contribution in [-0.2, 0) is 19.7 Å². The van der Waals surface area contributed by atoms with Crippen molar-refractivity contribution in [2.75, 3.05) is 19.1 Å². The second kappa shape index (κ2) is 9.41. The zero-order valence-corrected chi connectivity index (χ0v) is 14.3. The average Bonchev–Trinajstić information content (AvgIpc) is 2.44. The quantitative estimate of drug-likeness (QED) is 0.646. The van der Waals surface area contributed by atoms with Gasteiger partial charge in [0.1, 0.15) is 11.9 Å². The van der Waals surface area contributed by atoms with E-state index in [1.165, 1.54) is 0 Å². The molecule has 6 heteroatoms. The Morgan fingerprint density at radius 2 is 1.76 bits per heavy atom. The number of alkyl halides is 1. The fourth-order valence-corrected chi connectivity index (χ4v) is 2.38. The van der Waals surface area contributed by atoms with E-state index in [0.29, 0.717) is 13.0 Å². The maximum absolute atomic E-state index is 11.4. The summed E-state index contributed by atoms with van der Waals surface area (Å²) >= 11 is 3.70. The molecule has 1 aromatic rings. The highest BCUT2D eigenvalue weighted by Crippen LogP contribution is 2.27. The molecule has 0 spiro atoms. The van der Waals surface area contributed by atoms with E-state index >= 15 is 0 Å². The zero-order valence-electron chi connectivity index (χ0n) is 12.7. The van der Waals surface area contributed by atoms with Crippen LogP contribution in [0.4, 0.5) is 0 Å². The summed E-state index contributed by atoms with van der Waals surface area (Å²) in [6.07, 6.45) is 0.568. The van der Waals surface area contributed by atoms with Crippen LogP contribution in [0.5, 0.6) is 5.75 Å². The molecule has 0 N–H and O–H groups in total. The Bertz CT molecular complexity index is 419. The minimum atomic E-state index is -1.75.